The second-order valence-corrected chi connectivity index (χ2v) is 12.0. The molecule has 1 aromatic heterocycles. The topological polar surface area (TPSA) is 91.6 Å². The summed E-state index contributed by atoms with van der Waals surface area (Å²) in [5.41, 5.74) is 9.88. The van der Waals surface area contributed by atoms with Gasteiger partial charge in [-0.05, 0) is 61.8 Å². The van der Waals surface area contributed by atoms with E-state index in [2.05, 4.69) is 43.8 Å². The second-order valence-electron chi connectivity index (χ2n) is 10.7. The molecule has 2 aliphatic heterocycles. The summed E-state index contributed by atoms with van der Waals surface area (Å²) in [5, 5.41) is 3.16. The van der Waals surface area contributed by atoms with E-state index in [1.165, 1.54) is 31.2 Å². The maximum atomic E-state index is 12.9. The molecule has 3 heterocycles. The largest absolute Gasteiger partial charge is 0.383 e. The molecule has 1 aromatic carbocycles. The monoisotopic (exact) mass is 509 g/mol. The number of nitrogens with zero attached hydrogens (tertiary/aromatic N) is 3. The molecule has 2 unspecified atom stereocenters. The normalized spacial score (nSPS) is 23.5. The number of piperidine rings is 1. The molecule has 3 aliphatic rings. The van der Waals surface area contributed by atoms with Crippen LogP contribution in [0.5, 0.6) is 0 Å². The standard InChI is InChI=1S/C28H39N5O2S/c1-36(35)33-15-12-25(13-16-33)32-14-11-22(19-32)20-7-9-21(10-8-20)23-17-26(27(29)30-18-23)28(34)31-24-5-3-2-4-6-24/h7-10,17-18,22,24-25H,2-6,11-16,19H2,1H3,(H2,29,30)(H,31,34). The molecule has 0 bridgehead atoms. The van der Waals surface area contributed by atoms with Crippen LogP contribution in [0.2, 0.25) is 0 Å². The van der Waals surface area contributed by atoms with E-state index in [1.807, 2.05) is 6.07 Å². The summed E-state index contributed by atoms with van der Waals surface area (Å²) in [6.07, 6.45) is 12.6. The Balaban J connectivity index is 1.21. The Labute approximate surface area is 217 Å². The van der Waals surface area contributed by atoms with Gasteiger partial charge in [0.2, 0.25) is 0 Å². The van der Waals surface area contributed by atoms with Gasteiger partial charge in [-0.25, -0.2) is 13.5 Å². The van der Waals surface area contributed by atoms with E-state index in [1.54, 1.807) is 12.5 Å². The molecular weight excluding hydrogens is 470 g/mol. The third-order valence-electron chi connectivity index (χ3n) is 8.34. The van der Waals surface area contributed by atoms with Crippen molar-refractivity contribution >= 4 is 22.7 Å². The Morgan fingerprint density at radius 2 is 1.72 bits per heavy atom. The van der Waals surface area contributed by atoms with Gasteiger partial charge < -0.3 is 11.1 Å². The first-order valence-corrected chi connectivity index (χ1v) is 15.0. The molecule has 36 heavy (non-hydrogen) atoms. The van der Waals surface area contributed by atoms with Crippen LogP contribution in [0.3, 0.4) is 0 Å². The number of amides is 1. The molecular formula is C28H39N5O2S. The van der Waals surface area contributed by atoms with Gasteiger partial charge in [-0.15, -0.1) is 0 Å². The Morgan fingerprint density at radius 1 is 1.00 bits per heavy atom. The number of hydrogen-bond donors (Lipinski definition) is 2. The summed E-state index contributed by atoms with van der Waals surface area (Å²) in [5.74, 6) is 0.705. The predicted octanol–water partition coefficient (Wildman–Crippen LogP) is 3.94. The molecule has 2 aromatic rings. The maximum Gasteiger partial charge on any atom is 0.255 e. The van der Waals surface area contributed by atoms with E-state index < -0.39 is 11.0 Å². The lowest BCUT2D eigenvalue weighted by Crippen LogP contribution is -2.44. The second kappa shape index (κ2) is 11.4. The van der Waals surface area contributed by atoms with Crippen LogP contribution in [0.15, 0.2) is 36.5 Å². The number of carbonyl (C=O) groups excluding carboxylic acids is 1. The van der Waals surface area contributed by atoms with Crippen molar-refractivity contribution in [2.24, 2.45) is 0 Å². The lowest BCUT2D eigenvalue weighted by Gasteiger charge is -2.35. The van der Waals surface area contributed by atoms with E-state index >= 15 is 0 Å². The highest BCUT2D eigenvalue weighted by atomic mass is 32.2. The van der Waals surface area contributed by atoms with E-state index in [4.69, 9.17) is 5.73 Å². The SMILES string of the molecule is CS(=O)N1CCC(N2CCC(c3ccc(-c4cnc(N)c(C(=O)NC5CCCCC5)c4)cc3)C2)CC1. The van der Waals surface area contributed by atoms with Crippen LogP contribution in [-0.2, 0) is 11.0 Å². The zero-order valence-electron chi connectivity index (χ0n) is 21.3. The molecule has 194 valence electrons. The van der Waals surface area contributed by atoms with E-state index in [0.29, 0.717) is 17.5 Å². The number of aromatic nitrogens is 1. The van der Waals surface area contributed by atoms with Gasteiger partial charge in [-0.2, -0.15) is 0 Å². The van der Waals surface area contributed by atoms with Crippen LogP contribution in [0.1, 0.15) is 73.2 Å². The summed E-state index contributed by atoms with van der Waals surface area (Å²) >= 11 is 0. The summed E-state index contributed by atoms with van der Waals surface area (Å²) in [6.45, 7) is 4.08. The maximum absolute atomic E-state index is 12.9. The van der Waals surface area contributed by atoms with Crippen LogP contribution in [0.25, 0.3) is 11.1 Å². The average Bonchev–Trinajstić information content (AvgIpc) is 3.40. The highest BCUT2D eigenvalue weighted by Crippen LogP contribution is 2.32. The Bertz CT molecular complexity index is 1080. The van der Waals surface area contributed by atoms with Crippen LogP contribution in [0, 0.1) is 0 Å². The molecule has 1 saturated carbocycles. The first-order chi connectivity index (χ1) is 17.5. The third kappa shape index (κ3) is 5.82. The number of anilines is 1. The van der Waals surface area contributed by atoms with Crippen molar-refractivity contribution in [1.29, 1.82) is 0 Å². The van der Waals surface area contributed by atoms with E-state index in [9.17, 15) is 9.00 Å². The number of rotatable bonds is 6. The number of nitrogens with two attached hydrogens (primary N) is 1. The van der Waals surface area contributed by atoms with Gasteiger partial charge in [-0.1, -0.05) is 43.5 Å². The number of carbonyl (C=O) groups is 1. The minimum atomic E-state index is -0.850. The number of benzene rings is 1. The molecule has 2 saturated heterocycles. The fourth-order valence-electron chi connectivity index (χ4n) is 6.13. The summed E-state index contributed by atoms with van der Waals surface area (Å²) in [4.78, 5) is 19.9. The van der Waals surface area contributed by atoms with Gasteiger partial charge >= 0.3 is 0 Å². The zero-order chi connectivity index (χ0) is 25.1. The molecule has 0 spiro atoms. The minimum absolute atomic E-state index is 0.118. The van der Waals surface area contributed by atoms with E-state index in [0.717, 1.165) is 63.0 Å². The van der Waals surface area contributed by atoms with Crippen molar-refractivity contribution < 1.29 is 9.00 Å². The zero-order valence-corrected chi connectivity index (χ0v) is 22.1. The van der Waals surface area contributed by atoms with Crippen molar-refractivity contribution in [3.63, 3.8) is 0 Å². The molecule has 2 atom stereocenters. The summed E-state index contributed by atoms with van der Waals surface area (Å²) < 4.78 is 13.8. The molecule has 3 fully saturated rings. The van der Waals surface area contributed by atoms with Crippen LogP contribution >= 0.6 is 0 Å². The highest BCUT2D eigenvalue weighted by molar-refractivity contribution is 7.81. The van der Waals surface area contributed by atoms with E-state index in [-0.39, 0.29) is 17.8 Å². The molecule has 8 heteroatoms. The fourth-order valence-corrected chi connectivity index (χ4v) is 6.85. The smallest absolute Gasteiger partial charge is 0.255 e. The molecule has 5 rings (SSSR count). The van der Waals surface area contributed by atoms with Gasteiger partial charge in [0.25, 0.3) is 5.91 Å². The third-order valence-corrected chi connectivity index (χ3v) is 9.43. The molecule has 1 aliphatic carbocycles. The summed E-state index contributed by atoms with van der Waals surface area (Å²) in [6, 6.07) is 11.5. The number of nitrogen functional groups attached to an aromatic ring is 1. The van der Waals surface area contributed by atoms with Gasteiger partial charge in [0, 0.05) is 49.7 Å². The first-order valence-electron chi connectivity index (χ1n) is 13.5. The van der Waals surface area contributed by atoms with Crippen LogP contribution in [0.4, 0.5) is 5.82 Å². The predicted molar refractivity (Wildman–Crippen MR) is 146 cm³/mol. The van der Waals surface area contributed by atoms with Crippen molar-refractivity contribution in [3.8, 4) is 11.1 Å². The lowest BCUT2D eigenvalue weighted by atomic mass is 9.94. The van der Waals surface area contributed by atoms with Gasteiger partial charge in [0.05, 0.1) is 16.5 Å². The number of hydrogen-bond acceptors (Lipinski definition) is 5. The lowest BCUT2D eigenvalue weighted by molar-refractivity contribution is 0.0928. The molecule has 3 N–H and O–H groups in total. The van der Waals surface area contributed by atoms with Crippen molar-refractivity contribution in [2.75, 3.05) is 38.2 Å². The van der Waals surface area contributed by atoms with Crippen LogP contribution < -0.4 is 11.1 Å². The Hall–Kier alpha value is -2.29. The van der Waals surface area contributed by atoms with Gasteiger partial charge in [0.15, 0.2) is 0 Å². The van der Waals surface area contributed by atoms with Crippen molar-refractivity contribution in [1.82, 2.24) is 19.5 Å². The number of likely N-dealkylation sites (tertiary alicyclic amines) is 1. The van der Waals surface area contributed by atoms with Crippen molar-refractivity contribution in [2.45, 2.75) is 69.4 Å². The molecule has 7 nitrogen and oxygen atoms in total. The van der Waals surface area contributed by atoms with Crippen LogP contribution in [-0.4, -0.2) is 68.8 Å². The van der Waals surface area contributed by atoms with Gasteiger partial charge in [-0.3, -0.25) is 9.69 Å². The number of nitrogens with one attached hydrogen (secondary N) is 1. The Morgan fingerprint density at radius 3 is 2.42 bits per heavy atom. The highest BCUT2D eigenvalue weighted by Gasteiger charge is 2.32. The quantitative estimate of drug-likeness (QED) is 0.616. The average molecular weight is 510 g/mol. The first kappa shape index (κ1) is 25.4. The van der Waals surface area contributed by atoms with Gasteiger partial charge in [0.1, 0.15) is 5.82 Å². The molecule has 0 radical (unpaired) electrons. The Kier molecular flexibility index (Phi) is 8.03. The summed E-state index contributed by atoms with van der Waals surface area (Å²) in [7, 11) is -0.850. The fraction of sp³-hybridized carbons (Fsp3) is 0.571. The minimum Gasteiger partial charge on any atom is -0.383 e. The number of pyridine rings is 1. The van der Waals surface area contributed by atoms with Crippen molar-refractivity contribution in [3.05, 3.63) is 47.7 Å². The molecule has 1 amide bonds.